The minimum atomic E-state index is 0.00593. The molecule has 0 saturated carbocycles. The molecule has 4 heterocycles. The van der Waals surface area contributed by atoms with Gasteiger partial charge in [0, 0.05) is 12.7 Å². The molecule has 112 valence electrons. The fourth-order valence-corrected chi connectivity index (χ4v) is 3.97. The number of amides is 1. The number of rotatable bonds is 2. The van der Waals surface area contributed by atoms with Crippen molar-refractivity contribution in [2.24, 2.45) is 0 Å². The van der Waals surface area contributed by atoms with Crippen LogP contribution in [0.1, 0.15) is 39.9 Å². The Morgan fingerprint density at radius 1 is 1.32 bits per heavy atom. The quantitative estimate of drug-likeness (QED) is 0.730. The fraction of sp³-hybridized carbons (Fsp3) is 0.312. The zero-order valence-electron chi connectivity index (χ0n) is 12.3. The Morgan fingerprint density at radius 3 is 3.05 bits per heavy atom. The monoisotopic (exact) mass is 312 g/mol. The molecule has 1 amide bonds. The molecule has 1 fully saturated rings. The van der Waals surface area contributed by atoms with Crippen molar-refractivity contribution in [2.75, 3.05) is 6.54 Å². The van der Waals surface area contributed by atoms with E-state index in [1.807, 2.05) is 52.1 Å². The topological polar surface area (TPSA) is 50.5 Å². The van der Waals surface area contributed by atoms with E-state index in [2.05, 4.69) is 10.2 Å². The molecular weight excluding hydrogens is 296 g/mol. The summed E-state index contributed by atoms with van der Waals surface area (Å²) >= 11 is 1.51. The van der Waals surface area contributed by atoms with Gasteiger partial charge in [0.1, 0.15) is 0 Å². The summed E-state index contributed by atoms with van der Waals surface area (Å²) in [5.41, 5.74) is 1.87. The minimum Gasteiger partial charge on any atom is -0.328 e. The van der Waals surface area contributed by atoms with Crippen LogP contribution in [0.5, 0.6) is 0 Å². The van der Waals surface area contributed by atoms with Gasteiger partial charge in [0.05, 0.1) is 10.9 Å². The maximum Gasteiger partial charge on any atom is 0.264 e. The maximum absolute atomic E-state index is 12.8. The van der Waals surface area contributed by atoms with Gasteiger partial charge in [-0.1, -0.05) is 6.07 Å². The lowest BCUT2D eigenvalue weighted by Crippen LogP contribution is -2.31. The summed E-state index contributed by atoms with van der Waals surface area (Å²) < 4.78 is 1.98. The van der Waals surface area contributed by atoms with Crippen molar-refractivity contribution >= 4 is 22.9 Å². The van der Waals surface area contributed by atoms with Gasteiger partial charge in [-0.3, -0.25) is 9.20 Å². The molecule has 0 spiro atoms. The molecule has 0 N–H and O–H groups in total. The Labute approximate surface area is 132 Å². The lowest BCUT2D eigenvalue weighted by Gasteiger charge is -2.23. The highest BCUT2D eigenvalue weighted by atomic mass is 32.1. The molecule has 0 aliphatic carbocycles. The number of likely N-dealkylation sites (tertiary alicyclic amines) is 1. The van der Waals surface area contributed by atoms with Gasteiger partial charge < -0.3 is 4.90 Å². The number of hydrogen-bond acceptors (Lipinski definition) is 4. The van der Waals surface area contributed by atoms with Crippen LogP contribution in [0.4, 0.5) is 0 Å². The van der Waals surface area contributed by atoms with Gasteiger partial charge in [0.25, 0.3) is 5.91 Å². The van der Waals surface area contributed by atoms with Crippen LogP contribution in [0.25, 0.3) is 5.65 Å². The number of pyridine rings is 1. The first-order valence-electron chi connectivity index (χ1n) is 7.40. The summed E-state index contributed by atoms with van der Waals surface area (Å²) in [7, 11) is 0. The first-order chi connectivity index (χ1) is 10.8. The van der Waals surface area contributed by atoms with Crippen molar-refractivity contribution in [3.05, 3.63) is 52.1 Å². The molecule has 3 aromatic heterocycles. The van der Waals surface area contributed by atoms with Gasteiger partial charge in [-0.05, 0) is 48.9 Å². The Morgan fingerprint density at radius 2 is 2.23 bits per heavy atom. The van der Waals surface area contributed by atoms with E-state index in [1.165, 1.54) is 11.3 Å². The van der Waals surface area contributed by atoms with E-state index in [0.717, 1.165) is 41.3 Å². The van der Waals surface area contributed by atoms with Crippen LogP contribution in [-0.2, 0) is 0 Å². The predicted molar refractivity (Wildman–Crippen MR) is 85.1 cm³/mol. The van der Waals surface area contributed by atoms with Gasteiger partial charge in [-0.2, -0.15) is 0 Å². The molecule has 1 saturated heterocycles. The van der Waals surface area contributed by atoms with E-state index >= 15 is 0 Å². The van der Waals surface area contributed by atoms with Crippen LogP contribution in [0.15, 0.2) is 35.8 Å². The highest BCUT2D eigenvalue weighted by Crippen LogP contribution is 2.33. The van der Waals surface area contributed by atoms with Crippen LogP contribution < -0.4 is 0 Å². The van der Waals surface area contributed by atoms with Crippen molar-refractivity contribution in [3.63, 3.8) is 0 Å². The summed E-state index contributed by atoms with van der Waals surface area (Å²) in [6.45, 7) is 2.77. The summed E-state index contributed by atoms with van der Waals surface area (Å²) in [5, 5.41) is 10.5. The van der Waals surface area contributed by atoms with Gasteiger partial charge >= 0.3 is 0 Å². The van der Waals surface area contributed by atoms with Crippen molar-refractivity contribution in [1.29, 1.82) is 0 Å². The summed E-state index contributed by atoms with van der Waals surface area (Å²) in [6, 6.07) is 7.84. The van der Waals surface area contributed by atoms with Gasteiger partial charge in [-0.25, -0.2) is 0 Å². The second-order valence-electron chi connectivity index (χ2n) is 5.58. The molecule has 1 aliphatic heterocycles. The molecule has 1 unspecified atom stereocenters. The Kier molecular flexibility index (Phi) is 3.18. The number of fused-ring (bicyclic) bond motifs is 1. The average Bonchev–Trinajstić information content (AvgIpc) is 3.24. The average molecular weight is 312 g/mol. The first-order valence-corrected chi connectivity index (χ1v) is 8.28. The van der Waals surface area contributed by atoms with E-state index in [1.54, 1.807) is 0 Å². The molecule has 22 heavy (non-hydrogen) atoms. The number of aromatic nitrogens is 3. The normalized spacial score (nSPS) is 18.2. The number of carbonyl (C=O) groups excluding carboxylic acids is 1. The summed E-state index contributed by atoms with van der Waals surface area (Å²) in [4.78, 5) is 15.6. The second kappa shape index (κ2) is 5.21. The maximum atomic E-state index is 12.8. The zero-order valence-corrected chi connectivity index (χ0v) is 13.1. The molecule has 4 rings (SSSR count). The number of thiophene rings is 1. The number of hydrogen-bond donors (Lipinski definition) is 0. The largest absolute Gasteiger partial charge is 0.328 e. The Bertz CT molecular complexity index is 837. The first kappa shape index (κ1) is 13.5. The molecular formula is C16H16N4OS. The molecule has 6 heteroatoms. The molecule has 0 bridgehead atoms. The predicted octanol–water partition coefficient (Wildman–Crippen LogP) is 3.08. The third-order valence-corrected chi connectivity index (χ3v) is 5.21. The smallest absolute Gasteiger partial charge is 0.264 e. The van der Waals surface area contributed by atoms with Crippen LogP contribution in [-0.4, -0.2) is 31.9 Å². The van der Waals surface area contributed by atoms with E-state index in [0.29, 0.717) is 0 Å². The van der Waals surface area contributed by atoms with E-state index in [-0.39, 0.29) is 11.9 Å². The van der Waals surface area contributed by atoms with Crippen molar-refractivity contribution in [2.45, 2.75) is 25.8 Å². The van der Waals surface area contributed by atoms with Crippen LogP contribution in [0.3, 0.4) is 0 Å². The van der Waals surface area contributed by atoms with Gasteiger partial charge in [0.2, 0.25) is 0 Å². The van der Waals surface area contributed by atoms with Crippen molar-refractivity contribution in [1.82, 2.24) is 19.5 Å². The Hall–Kier alpha value is -2.21. The lowest BCUT2D eigenvalue weighted by molar-refractivity contribution is 0.0733. The second-order valence-corrected chi connectivity index (χ2v) is 6.49. The van der Waals surface area contributed by atoms with Crippen molar-refractivity contribution < 1.29 is 4.79 Å². The number of aryl methyl sites for hydroxylation is 1. The molecule has 0 radical (unpaired) electrons. The molecule has 3 aromatic rings. The Balaban J connectivity index is 1.72. The lowest BCUT2D eigenvalue weighted by atomic mass is 10.2. The molecule has 1 atom stereocenters. The van der Waals surface area contributed by atoms with E-state index in [9.17, 15) is 4.79 Å². The van der Waals surface area contributed by atoms with Crippen molar-refractivity contribution in [3.8, 4) is 0 Å². The zero-order chi connectivity index (χ0) is 15.1. The SMILES string of the molecule is Cc1ccsc1C(=O)N1CCCC1c1nnc2ccccn12. The highest BCUT2D eigenvalue weighted by Gasteiger charge is 2.34. The van der Waals surface area contributed by atoms with Crippen LogP contribution in [0, 0.1) is 6.92 Å². The number of carbonyl (C=O) groups is 1. The summed E-state index contributed by atoms with van der Waals surface area (Å²) in [5.74, 6) is 0.971. The van der Waals surface area contributed by atoms with Gasteiger partial charge in [-0.15, -0.1) is 21.5 Å². The van der Waals surface area contributed by atoms with Crippen LogP contribution in [0.2, 0.25) is 0 Å². The third-order valence-electron chi connectivity index (χ3n) is 4.21. The molecule has 1 aliphatic rings. The standard InChI is InChI=1S/C16H16N4OS/c1-11-7-10-22-14(11)16(21)19-9-4-5-12(19)15-18-17-13-6-2-3-8-20(13)15/h2-3,6-8,10,12H,4-5,9H2,1H3. The fourth-order valence-electron chi connectivity index (χ4n) is 3.09. The number of nitrogens with zero attached hydrogens (tertiary/aromatic N) is 4. The van der Waals surface area contributed by atoms with Crippen LogP contribution >= 0.6 is 11.3 Å². The molecule has 5 nitrogen and oxygen atoms in total. The minimum absolute atomic E-state index is 0.00593. The van der Waals surface area contributed by atoms with E-state index in [4.69, 9.17) is 0 Å². The van der Waals surface area contributed by atoms with Gasteiger partial charge in [0.15, 0.2) is 11.5 Å². The summed E-state index contributed by atoms with van der Waals surface area (Å²) in [6.07, 6.45) is 3.90. The molecule has 0 aromatic carbocycles. The highest BCUT2D eigenvalue weighted by molar-refractivity contribution is 7.12. The van der Waals surface area contributed by atoms with E-state index < -0.39 is 0 Å². The third kappa shape index (κ3) is 2.02.